The lowest BCUT2D eigenvalue weighted by Crippen LogP contribution is -2.27. The van der Waals surface area contributed by atoms with Crippen LogP contribution < -0.4 is 10.1 Å². The molecule has 6 rings (SSSR count). The number of Topliss-reactive ketones (excluding diaryl/α,β-unsaturated/α-hetero) is 1. The number of carbonyl (C=O) groups excluding carboxylic acids is 2. The number of carbonyl (C=O) groups is 2. The van der Waals surface area contributed by atoms with E-state index < -0.39 is 5.97 Å². The molecule has 3 N–H and O–H groups in total. The quantitative estimate of drug-likeness (QED) is 0.337. The van der Waals surface area contributed by atoms with Crippen LogP contribution in [0, 0.1) is 0 Å². The number of benzene rings is 2. The van der Waals surface area contributed by atoms with Crippen LogP contribution in [0.4, 0.5) is 5.69 Å². The summed E-state index contributed by atoms with van der Waals surface area (Å²) in [5.74, 6) is -0.0223. The Morgan fingerprint density at radius 1 is 1.14 bits per heavy atom. The van der Waals surface area contributed by atoms with Gasteiger partial charge in [-0.25, -0.2) is 4.79 Å². The van der Waals surface area contributed by atoms with Crippen molar-refractivity contribution in [2.24, 2.45) is 0 Å². The third-order valence-electron chi connectivity index (χ3n) is 6.50. The van der Waals surface area contributed by atoms with Crippen LogP contribution in [0.5, 0.6) is 11.8 Å². The third-order valence-corrected chi connectivity index (χ3v) is 6.50. The summed E-state index contributed by atoms with van der Waals surface area (Å²) >= 11 is 0. The van der Waals surface area contributed by atoms with Crippen molar-refractivity contribution in [1.29, 1.82) is 0 Å². The number of aromatic amines is 2. The molecule has 2 aromatic carbocycles. The number of hydrogen-bond acceptors (Lipinski definition) is 6. The summed E-state index contributed by atoms with van der Waals surface area (Å²) in [6, 6.07) is 15.8. The van der Waals surface area contributed by atoms with Gasteiger partial charge >= 0.3 is 5.97 Å². The van der Waals surface area contributed by atoms with Crippen molar-refractivity contribution >= 4 is 28.5 Å². The number of nitrogens with one attached hydrogen (secondary N) is 3. The number of para-hydroxylation sites is 2. The molecule has 2 aromatic heterocycles. The van der Waals surface area contributed by atoms with Gasteiger partial charge in [-0.05, 0) is 49.6 Å². The molecule has 1 aliphatic carbocycles. The zero-order chi connectivity index (χ0) is 23.9. The SMILES string of the molecule is CCOC(=O)c1[nH]cc2c1NC1=C(C(=O)CCC1)[C@@H]2c1cccc(Oc2nc3ccccc3[nH]2)c1. The van der Waals surface area contributed by atoms with Crippen LogP contribution in [0.3, 0.4) is 0 Å². The number of H-pyrrole nitrogens is 2. The Kier molecular flexibility index (Phi) is 5.13. The van der Waals surface area contributed by atoms with E-state index in [9.17, 15) is 9.59 Å². The molecule has 0 radical (unpaired) electrons. The summed E-state index contributed by atoms with van der Waals surface area (Å²) in [6.07, 6.45) is 3.83. The van der Waals surface area contributed by atoms with Gasteiger partial charge < -0.3 is 24.8 Å². The summed E-state index contributed by atoms with van der Waals surface area (Å²) in [4.78, 5) is 36.4. The minimum absolute atomic E-state index is 0.122. The number of hydrogen-bond donors (Lipinski definition) is 3. The smallest absolute Gasteiger partial charge is 0.356 e. The highest BCUT2D eigenvalue weighted by atomic mass is 16.5. The number of esters is 1. The zero-order valence-corrected chi connectivity index (χ0v) is 19.2. The minimum Gasteiger partial charge on any atom is -0.461 e. The maximum Gasteiger partial charge on any atom is 0.356 e. The number of imidazole rings is 1. The second kappa shape index (κ2) is 8.47. The van der Waals surface area contributed by atoms with E-state index in [4.69, 9.17) is 9.47 Å². The van der Waals surface area contributed by atoms with E-state index in [-0.39, 0.29) is 18.3 Å². The number of aromatic nitrogens is 3. The number of allylic oxidation sites excluding steroid dienone is 2. The molecule has 0 fully saturated rings. The normalized spacial score (nSPS) is 17.1. The minimum atomic E-state index is -0.423. The summed E-state index contributed by atoms with van der Waals surface area (Å²) in [5, 5.41) is 3.37. The molecule has 0 unspecified atom stereocenters. The van der Waals surface area contributed by atoms with Gasteiger partial charge in [-0.15, -0.1) is 0 Å². The van der Waals surface area contributed by atoms with Crippen molar-refractivity contribution in [2.45, 2.75) is 32.1 Å². The van der Waals surface area contributed by atoms with Gasteiger partial charge in [0, 0.05) is 35.4 Å². The van der Waals surface area contributed by atoms with Crippen LogP contribution in [0.25, 0.3) is 11.0 Å². The first-order valence-electron chi connectivity index (χ1n) is 11.8. The van der Waals surface area contributed by atoms with Crippen LogP contribution in [0.2, 0.25) is 0 Å². The number of ketones is 1. The molecule has 8 heteroatoms. The van der Waals surface area contributed by atoms with Crippen molar-refractivity contribution in [3.05, 3.63) is 82.8 Å². The Bertz CT molecular complexity index is 1460. The molecule has 176 valence electrons. The first kappa shape index (κ1) is 21.2. The fourth-order valence-corrected chi connectivity index (χ4v) is 4.99. The number of anilines is 1. The molecule has 1 aliphatic heterocycles. The highest BCUT2D eigenvalue weighted by molar-refractivity contribution is 6.03. The molecular weight excluding hydrogens is 444 g/mol. The molecular formula is C27H24N4O4. The first-order valence-corrected chi connectivity index (χ1v) is 11.8. The molecule has 0 spiro atoms. The molecule has 35 heavy (non-hydrogen) atoms. The van der Waals surface area contributed by atoms with E-state index in [1.165, 1.54) is 0 Å². The second-order valence-electron chi connectivity index (χ2n) is 8.68. The van der Waals surface area contributed by atoms with Crippen LogP contribution in [0.15, 0.2) is 66.0 Å². The largest absolute Gasteiger partial charge is 0.461 e. The first-order chi connectivity index (χ1) is 17.1. The maximum atomic E-state index is 13.1. The lowest BCUT2D eigenvalue weighted by atomic mass is 9.76. The van der Waals surface area contributed by atoms with Crippen LogP contribution in [-0.2, 0) is 9.53 Å². The molecule has 0 saturated carbocycles. The standard InChI is InChI=1S/C27H24N4O4/c1-2-34-26(33)25-24-17(14-28-25)22(23-20(29-24)11-6-12-21(23)32)15-7-5-8-16(13-15)35-27-30-18-9-3-4-10-19(18)31-27/h3-5,7-10,13-14,22,28-29H,2,6,11-12H2,1H3,(H,30,31)/t22-/m1/s1. The second-order valence-corrected chi connectivity index (χ2v) is 8.68. The van der Waals surface area contributed by atoms with Crippen molar-refractivity contribution in [3.8, 4) is 11.8 Å². The molecule has 8 nitrogen and oxygen atoms in total. The van der Waals surface area contributed by atoms with Crippen molar-refractivity contribution < 1.29 is 19.1 Å². The van der Waals surface area contributed by atoms with Crippen LogP contribution in [-0.4, -0.2) is 33.3 Å². The molecule has 0 bridgehead atoms. The maximum absolute atomic E-state index is 13.1. The van der Waals surface area contributed by atoms with E-state index in [1.54, 1.807) is 13.1 Å². The number of rotatable bonds is 5. The van der Waals surface area contributed by atoms with E-state index in [2.05, 4.69) is 20.3 Å². The predicted molar refractivity (Wildman–Crippen MR) is 131 cm³/mol. The van der Waals surface area contributed by atoms with Crippen molar-refractivity contribution in [2.75, 3.05) is 11.9 Å². The summed E-state index contributed by atoms with van der Waals surface area (Å²) < 4.78 is 11.3. The summed E-state index contributed by atoms with van der Waals surface area (Å²) in [5.41, 5.74) is 6.11. The fraction of sp³-hybridized carbons (Fsp3) is 0.222. The highest BCUT2D eigenvalue weighted by Gasteiger charge is 2.38. The summed E-state index contributed by atoms with van der Waals surface area (Å²) in [7, 11) is 0. The van der Waals surface area contributed by atoms with Gasteiger partial charge in [0.05, 0.1) is 23.3 Å². The fourth-order valence-electron chi connectivity index (χ4n) is 4.99. The van der Waals surface area contributed by atoms with Gasteiger partial charge in [-0.1, -0.05) is 24.3 Å². The van der Waals surface area contributed by atoms with Gasteiger partial charge in [0.15, 0.2) is 5.78 Å². The van der Waals surface area contributed by atoms with Crippen molar-refractivity contribution in [3.63, 3.8) is 0 Å². The Morgan fingerprint density at radius 2 is 2.03 bits per heavy atom. The lowest BCUT2D eigenvalue weighted by molar-refractivity contribution is -0.116. The predicted octanol–water partition coefficient (Wildman–Crippen LogP) is 5.42. The van der Waals surface area contributed by atoms with Gasteiger partial charge in [-0.2, -0.15) is 4.98 Å². The zero-order valence-electron chi connectivity index (χ0n) is 19.2. The Labute approximate surface area is 201 Å². The lowest BCUT2D eigenvalue weighted by Gasteiger charge is -2.32. The van der Waals surface area contributed by atoms with E-state index >= 15 is 0 Å². The molecule has 2 aliphatic rings. The van der Waals surface area contributed by atoms with Crippen LogP contribution >= 0.6 is 0 Å². The average Bonchev–Trinajstić information content (AvgIpc) is 3.46. The van der Waals surface area contributed by atoms with Crippen LogP contribution in [0.1, 0.15) is 53.7 Å². The van der Waals surface area contributed by atoms with Gasteiger partial charge in [0.25, 0.3) is 6.01 Å². The van der Waals surface area contributed by atoms with E-state index in [0.29, 0.717) is 29.6 Å². The number of nitrogens with zero attached hydrogens (tertiary/aromatic N) is 1. The van der Waals surface area contributed by atoms with Gasteiger partial charge in [-0.3, -0.25) is 4.79 Å². The Balaban J connectivity index is 1.41. The molecule has 1 atom stereocenters. The molecule has 4 aromatic rings. The Morgan fingerprint density at radius 3 is 2.89 bits per heavy atom. The summed E-state index contributed by atoms with van der Waals surface area (Å²) in [6.45, 7) is 2.06. The van der Waals surface area contributed by atoms with E-state index in [1.807, 2.05) is 48.5 Å². The Hall–Kier alpha value is -4.33. The molecule has 0 saturated heterocycles. The van der Waals surface area contributed by atoms with Gasteiger partial charge in [0.1, 0.15) is 11.4 Å². The topological polar surface area (TPSA) is 109 Å². The van der Waals surface area contributed by atoms with Gasteiger partial charge in [0.2, 0.25) is 0 Å². The molecule has 3 heterocycles. The number of fused-ring (bicyclic) bond motifs is 2. The average molecular weight is 469 g/mol. The molecule has 0 amide bonds. The number of ether oxygens (including phenoxy) is 2. The van der Waals surface area contributed by atoms with E-state index in [0.717, 1.165) is 46.3 Å². The highest BCUT2D eigenvalue weighted by Crippen LogP contribution is 2.47. The van der Waals surface area contributed by atoms with Crippen molar-refractivity contribution in [1.82, 2.24) is 15.0 Å². The monoisotopic (exact) mass is 468 g/mol. The third kappa shape index (κ3) is 3.67.